The van der Waals surface area contributed by atoms with E-state index in [2.05, 4.69) is 20.3 Å². The number of H-pyrrole nitrogens is 1. The van der Waals surface area contributed by atoms with Crippen LogP contribution in [0.5, 0.6) is 11.6 Å². The van der Waals surface area contributed by atoms with E-state index in [0.29, 0.717) is 28.0 Å². The molecule has 4 rings (SSSR count). The molecule has 1 aliphatic heterocycles. The summed E-state index contributed by atoms with van der Waals surface area (Å²) in [4.78, 5) is 36.4. The Balaban J connectivity index is 1.38. The molecular weight excluding hydrogens is 468 g/mol. The summed E-state index contributed by atoms with van der Waals surface area (Å²) in [5, 5.41) is 3.19. The number of piperidine rings is 1. The number of amides is 1. The van der Waals surface area contributed by atoms with E-state index in [9.17, 15) is 18.4 Å². The number of carbonyl (C=O) groups is 1. The van der Waals surface area contributed by atoms with Crippen LogP contribution in [0.3, 0.4) is 0 Å². The summed E-state index contributed by atoms with van der Waals surface area (Å²) in [5.74, 6) is -3.39. The summed E-state index contributed by atoms with van der Waals surface area (Å²) in [5.41, 5.74) is -0.0323. The van der Waals surface area contributed by atoms with E-state index in [1.165, 1.54) is 30.7 Å². The first-order valence-electron chi connectivity index (χ1n) is 10.6. The van der Waals surface area contributed by atoms with Gasteiger partial charge in [-0.2, -0.15) is 0 Å². The summed E-state index contributed by atoms with van der Waals surface area (Å²) in [6.07, 6.45) is 3.81. The Morgan fingerprint density at radius 2 is 2.06 bits per heavy atom. The van der Waals surface area contributed by atoms with Gasteiger partial charge in [0.15, 0.2) is 0 Å². The van der Waals surface area contributed by atoms with Crippen LogP contribution in [0.15, 0.2) is 59.8 Å². The zero-order valence-corrected chi connectivity index (χ0v) is 18.9. The van der Waals surface area contributed by atoms with Crippen LogP contribution in [-0.4, -0.2) is 50.8 Å². The van der Waals surface area contributed by atoms with Crippen molar-refractivity contribution in [2.45, 2.75) is 31.2 Å². The predicted octanol–water partition coefficient (Wildman–Crippen LogP) is 4.06. The zero-order valence-electron chi connectivity index (χ0n) is 18.2. The molecule has 0 aromatic carbocycles. The van der Waals surface area contributed by atoms with Crippen LogP contribution in [0, 0.1) is 0 Å². The minimum absolute atomic E-state index is 0.0259. The zero-order chi connectivity index (χ0) is 24.3. The number of nitrogens with zero attached hydrogens (tertiary/aromatic N) is 3. The van der Waals surface area contributed by atoms with Gasteiger partial charge < -0.3 is 15.0 Å². The molecule has 11 heteroatoms. The first-order valence-corrected chi connectivity index (χ1v) is 11.0. The van der Waals surface area contributed by atoms with Gasteiger partial charge in [0.1, 0.15) is 11.6 Å². The number of aromatic nitrogens is 3. The van der Waals surface area contributed by atoms with Crippen LogP contribution < -0.4 is 15.6 Å². The minimum atomic E-state index is -2.94. The molecule has 178 valence electrons. The molecule has 8 nitrogen and oxygen atoms in total. The molecule has 2 N–H and O–H groups in total. The van der Waals surface area contributed by atoms with Gasteiger partial charge in [0, 0.05) is 44.0 Å². The molecular formula is C23H22ClF2N5O3. The average molecular weight is 490 g/mol. The van der Waals surface area contributed by atoms with Crippen molar-refractivity contribution in [2.24, 2.45) is 0 Å². The van der Waals surface area contributed by atoms with Crippen LogP contribution in [0.4, 0.5) is 14.6 Å². The molecule has 0 aliphatic carbocycles. The van der Waals surface area contributed by atoms with Crippen molar-refractivity contribution < 1.29 is 18.3 Å². The first kappa shape index (κ1) is 23.8. The number of ether oxygens (including phenoxy) is 1. The molecule has 0 saturated carbocycles. The fraction of sp³-hybridized carbons (Fsp3) is 0.304. The lowest BCUT2D eigenvalue weighted by molar-refractivity contribution is -0.125. The van der Waals surface area contributed by atoms with Crippen molar-refractivity contribution in [2.75, 3.05) is 18.4 Å². The normalized spacial score (nSPS) is 18.8. The number of aromatic amines is 1. The van der Waals surface area contributed by atoms with E-state index in [0.717, 1.165) is 0 Å². The summed E-state index contributed by atoms with van der Waals surface area (Å²) in [6, 6.07) is 8.41. The Morgan fingerprint density at radius 1 is 1.24 bits per heavy atom. The molecule has 34 heavy (non-hydrogen) atoms. The molecule has 1 aliphatic rings. The second-order valence-electron chi connectivity index (χ2n) is 8.01. The molecule has 0 radical (unpaired) electrons. The van der Waals surface area contributed by atoms with Gasteiger partial charge in [-0.1, -0.05) is 17.7 Å². The van der Waals surface area contributed by atoms with Crippen molar-refractivity contribution in [1.29, 1.82) is 0 Å². The maximum absolute atomic E-state index is 14.6. The standard InChI is InChI=1S/C23H22ClF2N5O3/c1-14(31-9-8-23(25,26)18(13-31)15-2-6-20(32)28-10-15)22(33)30-19-5-4-17(12-27-19)34-21-7-3-16(24)11-29-21/h2-7,10-12,14,18H,8-9,13H2,1H3,(H,28,32)(H,27,30,33). The van der Waals surface area contributed by atoms with E-state index in [1.807, 2.05) is 0 Å². The fourth-order valence-electron chi connectivity index (χ4n) is 3.72. The highest BCUT2D eigenvalue weighted by Crippen LogP contribution is 2.40. The van der Waals surface area contributed by atoms with Gasteiger partial charge in [0.05, 0.1) is 23.2 Å². The van der Waals surface area contributed by atoms with Crippen molar-refractivity contribution >= 4 is 23.3 Å². The Labute approximate surface area is 198 Å². The molecule has 2 atom stereocenters. The number of likely N-dealkylation sites (tertiary alicyclic amines) is 1. The molecule has 1 amide bonds. The number of anilines is 1. The summed E-state index contributed by atoms with van der Waals surface area (Å²) in [6.45, 7) is 1.70. The van der Waals surface area contributed by atoms with E-state index in [-0.39, 0.29) is 24.6 Å². The van der Waals surface area contributed by atoms with Gasteiger partial charge in [0.25, 0.3) is 5.92 Å². The second kappa shape index (κ2) is 9.86. The highest BCUT2D eigenvalue weighted by Gasteiger charge is 2.46. The number of hydrogen-bond acceptors (Lipinski definition) is 6. The van der Waals surface area contributed by atoms with E-state index in [1.54, 1.807) is 36.1 Å². The third-order valence-electron chi connectivity index (χ3n) is 5.71. The Hall–Kier alpha value is -3.37. The summed E-state index contributed by atoms with van der Waals surface area (Å²) >= 11 is 5.80. The third kappa shape index (κ3) is 5.57. The van der Waals surface area contributed by atoms with Crippen molar-refractivity contribution in [3.8, 4) is 11.6 Å². The molecule has 1 fully saturated rings. The molecule has 0 bridgehead atoms. The number of rotatable bonds is 6. The Morgan fingerprint density at radius 3 is 2.71 bits per heavy atom. The SMILES string of the molecule is CC(C(=O)Nc1ccc(Oc2ccc(Cl)cn2)cn1)N1CCC(F)(F)C(c2ccc(=O)[nH]c2)C1. The largest absolute Gasteiger partial charge is 0.437 e. The summed E-state index contributed by atoms with van der Waals surface area (Å²) < 4.78 is 34.8. The Kier molecular flexibility index (Phi) is 6.90. The maximum atomic E-state index is 14.6. The number of hydrogen-bond donors (Lipinski definition) is 2. The molecule has 0 spiro atoms. The van der Waals surface area contributed by atoms with Gasteiger partial charge in [-0.3, -0.25) is 14.5 Å². The number of halogens is 3. The third-order valence-corrected chi connectivity index (χ3v) is 5.93. The number of pyridine rings is 3. The van der Waals surface area contributed by atoms with Crippen LogP contribution >= 0.6 is 11.6 Å². The predicted molar refractivity (Wildman–Crippen MR) is 123 cm³/mol. The molecule has 3 aromatic rings. The molecule has 4 heterocycles. The average Bonchev–Trinajstić information content (AvgIpc) is 2.82. The monoisotopic (exact) mass is 489 g/mol. The first-order chi connectivity index (χ1) is 16.2. The van der Waals surface area contributed by atoms with Crippen LogP contribution in [-0.2, 0) is 4.79 Å². The lowest BCUT2D eigenvalue weighted by atomic mass is 9.87. The highest BCUT2D eigenvalue weighted by molar-refractivity contribution is 6.30. The molecule has 3 aromatic heterocycles. The minimum Gasteiger partial charge on any atom is -0.437 e. The van der Waals surface area contributed by atoms with Gasteiger partial charge in [-0.15, -0.1) is 0 Å². The van der Waals surface area contributed by atoms with Crippen LogP contribution in [0.1, 0.15) is 24.8 Å². The van der Waals surface area contributed by atoms with Crippen LogP contribution in [0.2, 0.25) is 5.02 Å². The van der Waals surface area contributed by atoms with E-state index >= 15 is 0 Å². The quantitative estimate of drug-likeness (QED) is 0.541. The van der Waals surface area contributed by atoms with Crippen molar-refractivity contribution in [3.05, 3.63) is 75.9 Å². The number of alkyl halides is 2. The maximum Gasteiger partial charge on any atom is 0.257 e. The summed E-state index contributed by atoms with van der Waals surface area (Å²) in [7, 11) is 0. The smallest absolute Gasteiger partial charge is 0.257 e. The second-order valence-corrected chi connectivity index (χ2v) is 8.44. The van der Waals surface area contributed by atoms with Crippen molar-refractivity contribution in [1.82, 2.24) is 19.9 Å². The number of carbonyl (C=O) groups excluding carboxylic acids is 1. The lowest BCUT2D eigenvalue weighted by Gasteiger charge is -2.40. The molecule has 2 unspecified atom stereocenters. The van der Waals surface area contributed by atoms with Crippen molar-refractivity contribution in [3.63, 3.8) is 0 Å². The number of nitrogens with one attached hydrogen (secondary N) is 2. The topological polar surface area (TPSA) is 100 Å². The fourth-order valence-corrected chi connectivity index (χ4v) is 3.83. The highest BCUT2D eigenvalue weighted by atomic mass is 35.5. The van der Waals surface area contributed by atoms with Gasteiger partial charge in [0.2, 0.25) is 17.3 Å². The lowest BCUT2D eigenvalue weighted by Crippen LogP contribution is -2.52. The van der Waals surface area contributed by atoms with E-state index < -0.39 is 24.3 Å². The molecule has 1 saturated heterocycles. The van der Waals surface area contributed by atoms with Gasteiger partial charge in [-0.05, 0) is 30.7 Å². The van der Waals surface area contributed by atoms with Gasteiger partial charge >= 0.3 is 0 Å². The Bertz CT molecular complexity index is 1180. The van der Waals surface area contributed by atoms with E-state index in [4.69, 9.17) is 16.3 Å². The van der Waals surface area contributed by atoms with Gasteiger partial charge in [-0.25, -0.2) is 18.7 Å². The van der Waals surface area contributed by atoms with Crippen LogP contribution in [0.25, 0.3) is 0 Å².